The predicted octanol–water partition coefficient (Wildman–Crippen LogP) is 3.35. The van der Waals surface area contributed by atoms with Crippen LogP contribution in [0.4, 0.5) is 0 Å². The topological polar surface area (TPSA) is 45.1 Å². The van der Waals surface area contributed by atoms with E-state index in [2.05, 4.69) is 4.90 Å². The SMILES string of the molecule is O=C(CN1CCOCC1)N1N=C(c2ccccc2)CC1c1ccc(Cl)cc1. The number of morpholine rings is 1. The number of hydrogen-bond acceptors (Lipinski definition) is 4. The monoisotopic (exact) mass is 383 g/mol. The molecule has 0 spiro atoms. The Morgan fingerprint density at radius 2 is 1.78 bits per heavy atom. The Bertz CT molecular complexity index is 817. The number of hydrazone groups is 1. The molecule has 0 aliphatic carbocycles. The molecule has 2 aliphatic heterocycles. The van der Waals surface area contributed by atoms with Crippen LogP contribution in [0.1, 0.15) is 23.6 Å². The van der Waals surface area contributed by atoms with Crippen LogP contribution in [0.5, 0.6) is 0 Å². The van der Waals surface area contributed by atoms with Crippen molar-refractivity contribution in [2.24, 2.45) is 5.10 Å². The number of benzene rings is 2. The molecule has 27 heavy (non-hydrogen) atoms. The van der Waals surface area contributed by atoms with Gasteiger partial charge >= 0.3 is 0 Å². The summed E-state index contributed by atoms with van der Waals surface area (Å²) < 4.78 is 5.38. The van der Waals surface area contributed by atoms with Gasteiger partial charge < -0.3 is 4.74 Å². The van der Waals surface area contributed by atoms with Crippen molar-refractivity contribution in [3.63, 3.8) is 0 Å². The quantitative estimate of drug-likeness (QED) is 0.813. The number of carbonyl (C=O) groups excluding carboxylic acids is 1. The Morgan fingerprint density at radius 1 is 1.07 bits per heavy atom. The first-order valence-electron chi connectivity index (χ1n) is 9.21. The summed E-state index contributed by atoms with van der Waals surface area (Å²) in [6.07, 6.45) is 0.695. The zero-order valence-corrected chi connectivity index (χ0v) is 15.8. The largest absolute Gasteiger partial charge is 0.379 e. The summed E-state index contributed by atoms with van der Waals surface area (Å²) in [6.45, 7) is 3.26. The number of hydrogen-bond donors (Lipinski definition) is 0. The van der Waals surface area contributed by atoms with E-state index >= 15 is 0 Å². The first kappa shape index (κ1) is 18.2. The van der Waals surface area contributed by atoms with Crippen molar-refractivity contribution in [1.82, 2.24) is 9.91 Å². The highest BCUT2D eigenvalue weighted by molar-refractivity contribution is 6.30. The highest BCUT2D eigenvalue weighted by Gasteiger charge is 2.33. The second-order valence-corrected chi connectivity index (χ2v) is 7.25. The van der Waals surface area contributed by atoms with Crippen LogP contribution in [0.2, 0.25) is 5.02 Å². The van der Waals surface area contributed by atoms with Gasteiger partial charge in [-0.1, -0.05) is 54.1 Å². The van der Waals surface area contributed by atoms with E-state index in [1.54, 1.807) is 5.01 Å². The average Bonchev–Trinajstić information content (AvgIpc) is 3.16. The molecule has 0 N–H and O–H groups in total. The summed E-state index contributed by atoms with van der Waals surface area (Å²) in [4.78, 5) is 15.2. The molecule has 1 atom stereocenters. The van der Waals surface area contributed by atoms with Gasteiger partial charge in [-0.05, 0) is 23.3 Å². The molecular weight excluding hydrogens is 362 g/mol. The highest BCUT2D eigenvalue weighted by Crippen LogP contribution is 2.33. The van der Waals surface area contributed by atoms with Crippen molar-refractivity contribution in [2.45, 2.75) is 12.5 Å². The Kier molecular flexibility index (Phi) is 5.53. The lowest BCUT2D eigenvalue weighted by atomic mass is 9.98. The molecule has 6 heteroatoms. The van der Waals surface area contributed by atoms with Gasteiger partial charge in [-0.2, -0.15) is 5.10 Å². The molecule has 1 amide bonds. The van der Waals surface area contributed by atoms with Crippen LogP contribution in [0, 0.1) is 0 Å². The molecule has 2 heterocycles. The van der Waals surface area contributed by atoms with E-state index in [9.17, 15) is 4.79 Å². The average molecular weight is 384 g/mol. The molecule has 1 saturated heterocycles. The van der Waals surface area contributed by atoms with Crippen molar-refractivity contribution in [1.29, 1.82) is 0 Å². The molecule has 1 fully saturated rings. The third-order valence-electron chi connectivity index (χ3n) is 4.99. The Labute approximate surface area is 164 Å². The zero-order valence-electron chi connectivity index (χ0n) is 15.1. The minimum atomic E-state index is -0.106. The fourth-order valence-electron chi connectivity index (χ4n) is 3.51. The van der Waals surface area contributed by atoms with E-state index in [1.165, 1.54) is 0 Å². The van der Waals surface area contributed by atoms with Crippen LogP contribution >= 0.6 is 11.6 Å². The zero-order chi connectivity index (χ0) is 18.6. The van der Waals surface area contributed by atoms with Crippen LogP contribution in [0.15, 0.2) is 59.7 Å². The maximum absolute atomic E-state index is 13.1. The number of ether oxygens (including phenoxy) is 1. The van der Waals surface area contributed by atoms with Gasteiger partial charge in [0.15, 0.2) is 0 Å². The lowest BCUT2D eigenvalue weighted by molar-refractivity contribution is -0.135. The van der Waals surface area contributed by atoms with Gasteiger partial charge in [0.05, 0.1) is 31.5 Å². The first-order valence-corrected chi connectivity index (χ1v) is 9.59. The Balaban J connectivity index is 1.59. The second kappa shape index (κ2) is 8.21. The normalized spacial score (nSPS) is 20.6. The molecule has 140 valence electrons. The van der Waals surface area contributed by atoms with Crippen LogP contribution in [-0.2, 0) is 9.53 Å². The highest BCUT2D eigenvalue weighted by atomic mass is 35.5. The maximum Gasteiger partial charge on any atom is 0.257 e. The van der Waals surface area contributed by atoms with E-state index in [-0.39, 0.29) is 11.9 Å². The van der Waals surface area contributed by atoms with Crippen LogP contribution in [0.3, 0.4) is 0 Å². The lowest BCUT2D eigenvalue weighted by Crippen LogP contribution is -2.43. The summed E-state index contributed by atoms with van der Waals surface area (Å²) in [7, 11) is 0. The van der Waals surface area contributed by atoms with Gasteiger partial charge in [0.1, 0.15) is 0 Å². The fourth-order valence-corrected chi connectivity index (χ4v) is 3.64. The molecule has 0 saturated carbocycles. The summed E-state index contributed by atoms with van der Waals surface area (Å²) in [5, 5.41) is 7.05. The van der Waals surface area contributed by atoms with E-state index in [0.29, 0.717) is 31.2 Å². The van der Waals surface area contributed by atoms with Crippen molar-refractivity contribution in [3.05, 3.63) is 70.7 Å². The van der Waals surface area contributed by atoms with Crippen LogP contribution in [0.25, 0.3) is 0 Å². The van der Waals surface area contributed by atoms with Crippen LogP contribution in [-0.4, -0.2) is 54.4 Å². The maximum atomic E-state index is 13.1. The molecule has 0 aromatic heterocycles. The fraction of sp³-hybridized carbons (Fsp3) is 0.333. The molecule has 0 bridgehead atoms. The van der Waals surface area contributed by atoms with Gasteiger partial charge in [0, 0.05) is 24.5 Å². The first-order chi connectivity index (χ1) is 13.2. The molecule has 5 nitrogen and oxygen atoms in total. The van der Waals surface area contributed by atoms with E-state index in [0.717, 1.165) is 29.9 Å². The van der Waals surface area contributed by atoms with Gasteiger partial charge in [-0.25, -0.2) is 5.01 Å². The van der Waals surface area contributed by atoms with Crippen molar-refractivity contribution >= 4 is 23.2 Å². The van der Waals surface area contributed by atoms with Crippen molar-refractivity contribution in [2.75, 3.05) is 32.8 Å². The Hall–Kier alpha value is -2.21. The van der Waals surface area contributed by atoms with E-state index in [4.69, 9.17) is 21.4 Å². The molecular formula is C21H22ClN3O2. The number of amides is 1. The number of nitrogens with zero attached hydrogens (tertiary/aromatic N) is 3. The smallest absolute Gasteiger partial charge is 0.257 e. The number of halogens is 1. The molecule has 2 aromatic carbocycles. The number of carbonyl (C=O) groups is 1. The van der Waals surface area contributed by atoms with Crippen molar-refractivity contribution in [3.8, 4) is 0 Å². The van der Waals surface area contributed by atoms with Crippen LogP contribution < -0.4 is 0 Å². The summed E-state index contributed by atoms with van der Waals surface area (Å²) >= 11 is 6.04. The molecule has 1 unspecified atom stereocenters. The molecule has 4 rings (SSSR count). The number of rotatable bonds is 4. The van der Waals surface area contributed by atoms with Gasteiger partial charge in [0.25, 0.3) is 5.91 Å². The Morgan fingerprint density at radius 3 is 2.48 bits per heavy atom. The van der Waals surface area contributed by atoms with Gasteiger partial charge in [0.2, 0.25) is 0 Å². The molecule has 2 aromatic rings. The predicted molar refractivity (Wildman–Crippen MR) is 106 cm³/mol. The van der Waals surface area contributed by atoms with Crippen molar-refractivity contribution < 1.29 is 9.53 Å². The van der Waals surface area contributed by atoms with Gasteiger partial charge in [-0.3, -0.25) is 9.69 Å². The summed E-state index contributed by atoms with van der Waals surface area (Å²) in [5.74, 6) is 0.0165. The summed E-state index contributed by atoms with van der Waals surface area (Å²) in [6, 6.07) is 17.6. The minimum absolute atomic E-state index is 0.0165. The van der Waals surface area contributed by atoms with E-state index in [1.807, 2.05) is 54.6 Å². The standard InChI is InChI=1S/C21H22ClN3O2/c22-18-8-6-17(7-9-18)20-14-19(16-4-2-1-3-5-16)23-25(20)21(26)15-24-10-12-27-13-11-24/h1-9,20H,10-15H2. The molecule has 2 aliphatic rings. The third-order valence-corrected chi connectivity index (χ3v) is 5.24. The third kappa shape index (κ3) is 4.21. The van der Waals surface area contributed by atoms with E-state index < -0.39 is 0 Å². The summed E-state index contributed by atoms with van der Waals surface area (Å²) in [5.41, 5.74) is 3.04. The second-order valence-electron chi connectivity index (χ2n) is 6.81. The van der Waals surface area contributed by atoms with Gasteiger partial charge in [-0.15, -0.1) is 0 Å². The molecule has 0 radical (unpaired) electrons. The minimum Gasteiger partial charge on any atom is -0.379 e. The lowest BCUT2D eigenvalue weighted by Gasteiger charge is -2.29.